The Balaban J connectivity index is 2.17. The molecule has 0 bridgehead atoms. The highest BCUT2D eigenvalue weighted by Gasteiger charge is 2.48. The molecule has 0 spiro atoms. The predicted molar refractivity (Wildman–Crippen MR) is 55.6 cm³/mol. The first kappa shape index (κ1) is 9.77. The Kier molecular flexibility index (Phi) is 2.39. The van der Waals surface area contributed by atoms with Crippen molar-refractivity contribution < 1.29 is 9.59 Å². The molecule has 4 heteroatoms. The molecule has 2 amide bonds. The Morgan fingerprint density at radius 1 is 1.43 bits per heavy atom. The van der Waals surface area contributed by atoms with Crippen LogP contribution in [0.1, 0.15) is 13.8 Å². The first-order valence-electron chi connectivity index (χ1n) is 4.78. The number of hydrogen-bond donors (Lipinski definition) is 0. The Labute approximate surface area is 87.5 Å². The molecule has 2 atom stereocenters. The second kappa shape index (κ2) is 3.42. The zero-order valence-electron chi connectivity index (χ0n) is 8.27. The second-order valence-corrected chi connectivity index (χ2v) is 5.14. The van der Waals surface area contributed by atoms with Crippen LogP contribution in [0, 0.1) is 11.8 Å². The molecule has 0 aliphatic carbocycles. The van der Waals surface area contributed by atoms with Crippen LogP contribution in [0.5, 0.6) is 0 Å². The average Bonchev–Trinajstić information content (AvgIpc) is 2.65. The van der Waals surface area contributed by atoms with Crippen LogP contribution < -0.4 is 0 Å². The first-order chi connectivity index (χ1) is 6.61. The SMILES string of the molecule is CC(C)CN1C(=O)C2C=CSC2C1=O. The maximum absolute atomic E-state index is 11.8. The standard InChI is InChI=1S/C10H13NO2S/c1-6(2)5-11-9(12)7-3-4-14-8(7)10(11)13/h3-4,6-8H,5H2,1-2H3. The maximum Gasteiger partial charge on any atom is 0.243 e. The minimum Gasteiger partial charge on any atom is -0.281 e. The molecule has 2 rings (SSSR count). The minimum atomic E-state index is -0.189. The highest BCUT2D eigenvalue weighted by Crippen LogP contribution is 2.37. The maximum atomic E-state index is 11.8. The first-order valence-corrected chi connectivity index (χ1v) is 5.73. The predicted octanol–water partition coefficient (Wildman–Crippen LogP) is 1.26. The van der Waals surface area contributed by atoms with Crippen molar-refractivity contribution in [1.82, 2.24) is 4.90 Å². The number of thioether (sulfide) groups is 1. The molecular weight excluding hydrogens is 198 g/mol. The molecular formula is C10H13NO2S. The van der Waals surface area contributed by atoms with Crippen LogP contribution >= 0.6 is 11.8 Å². The molecule has 0 aromatic carbocycles. The van der Waals surface area contributed by atoms with Gasteiger partial charge in [-0.05, 0) is 11.3 Å². The molecule has 3 nitrogen and oxygen atoms in total. The third kappa shape index (κ3) is 1.38. The van der Waals surface area contributed by atoms with Crippen LogP contribution in [0.2, 0.25) is 0 Å². The third-order valence-electron chi connectivity index (χ3n) is 2.45. The van der Waals surface area contributed by atoms with Gasteiger partial charge in [0.05, 0.1) is 5.92 Å². The topological polar surface area (TPSA) is 37.4 Å². The Hall–Kier alpha value is -0.770. The van der Waals surface area contributed by atoms with Gasteiger partial charge in [-0.2, -0.15) is 0 Å². The zero-order chi connectivity index (χ0) is 10.3. The minimum absolute atomic E-state index is 0.0105. The van der Waals surface area contributed by atoms with E-state index in [0.29, 0.717) is 12.5 Å². The lowest BCUT2D eigenvalue weighted by atomic mass is 10.1. The zero-order valence-corrected chi connectivity index (χ0v) is 9.08. The number of carbonyl (C=O) groups is 2. The summed E-state index contributed by atoms with van der Waals surface area (Å²) in [6.45, 7) is 4.58. The second-order valence-electron chi connectivity index (χ2n) is 4.09. The summed E-state index contributed by atoms with van der Waals surface area (Å²) in [5.74, 6) is 0.126. The van der Waals surface area contributed by atoms with Crippen molar-refractivity contribution in [3.05, 3.63) is 11.5 Å². The number of nitrogens with zero attached hydrogens (tertiary/aromatic N) is 1. The smallest absolute Gasteiger partial charge is 0.243 e. The van der Waals surface area contributed by atoms with Crippen LogP contribution in [0.25, 0.3) is 0 Å². The number of carbonyl (C=O) groups excluding carboxylic acids is 2. The molecule has 1 fully saturated rings. The van der Waals surface area contributed by atoms with E-state index >= 15 is 0 Å². The van der Waals surface area contributed by atoms with Gasteiger partial charge in [0.25, 0.3) is 0 Å². The summed E-state index contributed by atoms with van der Waals surface area (Å²) < 4.78 is 0. The summed E-state index contributed by atoms with van der Waals surface area (Å²) in [5.41, 5.74) is 0. The van der Waals surface area contributed by atoms with Crippen molar-refractivity contribution in [3.63, 3.8) is 0 Å². The van der Waals surface area contributed by atoms with Gasteiger partial charge in [0.15, 0.2) is 0 Å². The van der Waals surface area contributed by atoms with Gasteiger partial charge in [-0.25, -0.2) is 0 Å². The molecule has 2 heterocycles. The number of imide groups is 1. The van der Waals surface area contributed by atoms with Gasteiger partial charge in [-0.15, -0.1) is 11.8 Å². The number of rotatable bonds is 2. The summed E-state index contributed by atoms with van der Waals surface area (Å²) in [5, 5.41) is 1.69. The van der Waals surface area contributed by atoms with Crippen LogP contribution in [0.15, 0.2) is 11.5 Å². The molecule has 2 aliphatic heterocycles. The summed E-state index contributed by atoms with van der Waals surface area (Å²) in [6, 6.07) is 0. The summed E-state index contributed by atoms with van der Waals surface area (Å²) in [6.07, 6.45) is 1.84. The van der Waals surface area contributed by atoms with Gasteiger partial charge in [-0.1, -0.05) is 19.9 Å². The van der Waals surface area contributed by atoms with Crippen molar-refractivity contribution in [2.24, 2.45) is 11.8 Å². The van der Waals surface area contributed by atoms with Gasteiger partial charge < -0.3 is 0 Å². The lowest BCUT2D eigenvalue weighted by molar-refractivity contribution is -0.139. The summed E-state index contributed by atoms with van der Waals surface area (Å²) in [4.78, 5) is 25.0. The lowest BCUT2D eigenvalue weighted by Gasteiger charge is -2.16. The normalized spacial score (nSPS) is 30.6. The Bertz CT molecular complexity index is 311. The van der Waals surface area contributed by atoms with E-state index in [1.54, 1.807) is 0 Å². The largest absolute Gasteiger partial charge is 0.281 e. The fourth-order valence-electron chi connectivity index (χ4n) is 1.81. The van der Waals surface area contributed by atoms with Crippen molar-refractivity contribution in [2.45, 2.75) is 19.1 Å². The molecule has 0 radical (unpaired) electrons. The Morgan fingerprint density at radius 3 is 2.71 bits per heavy atom. The molecule has 2 aliphatic rings. The van der Waals surface area contributed by atoms with E-state index in [0.717, 1.165) is 0 Å². The van der Waals surface area contributed by atoms with E-state index in [1.807, 2.05) is 25.3 Å². The Morgan fingerprint density at radius 2 is 2.14 bits per heavy atom. The van der Waals surface area contributed by atoms with E-state index in [2.05, 4.69) is 0 Å². The molecule has 0 aromatic heterocycles. The molecule has 0 saturated carbocycles. The van der Waals surface area contributed by atoms with Gasteiger partial charge >= 0.3 is 0 Å². The molecule has 0 aromatic rings. The van der Waals surface area contributed by atoms with Crippen LogP contribution in [0.3, 0.4) is 0 Å². The van der Waals surface area contributed by atoms with Gasteiger partial charge in [0, 0.05) is 6.54 Å². The monoisotopic (exact) mass is 211 g/mol. The van der Waals surface area contributed by atoms with Crippen molar-refractivity contribution in [1.29, 1.82) is 0 Å². The highest BCUT2D eigenvalue weighted by molar-refractivity contribution is 8.03. The van der Waals surface area contributed by atoms with Crippen molar-refractivity contribution >= 4 is 23.6 Å². The summed E-state index contributed by atoms with van der Waals surface area (Å²) >= 11 is 1.46. The fourth-order valence-corrected chi connectivity index (χ4v) is 2.86. The molecule has 2 unspecified atom stereocenters. The van der Waals surface area contributed by atoms with Crippen molar-refractivity contribution in [2.75, 3.05) is 6.54 Å². The average molecular weight is 211 g/mol. The van der Waals surface area contributed by atoms with E-state index in [9.17, 15) is 9.59 Å². The van der Waals surface area contributed by atoms with Crippen LogP contribution in [-0.2, 0) is 9.59 Å². The van der Waals surface area contributed by atoms with Crippen LogP contribution in [0.4, 0.5) is 0 Å². The van der Waals surface area contributed by atoms with E-state index < -0.39 is 0 Å². The molecule has 14 heavy (non-hydrogen) atoms. The molecule has 0 N–H and O–H groups in total. The molecule has 76 valence electrons. The quantitative estimate of drug-likeness (QED) is 0.645. The van der Waals surface area contributed by atoms with E-state index in [-0.39, 0.29) is 23.0 Å². The fraction of sp³-hybridized carbons (Fsp3) is 0.600. The van der Waals surface area contributed by atoms with E-state index in [1.165, 1.54) is 16.7 Å². The number of fused-ring (bicyclic) bond motifs is 1. The van der Waals surface area contributed by atoms with Crippen LogP contribution in [-0.4, -0.2) is 28.5 Å². The lowest BCUT2D eigenvalue weighted by Crippen LogP contribution is -2.34. The number of amides is 2. The van der Waals surface area contributed by atoms with Gasteiger partial charge in [0.1, 0.15) is 5.25 Å². The summed E-state index contributed by atoms with van der Waals surface area (Å²) in [7, 11) is 0. The number of hydrogen-bond acceptors (Lipinski definition) is 3. The molecule has 1 saturated heterocycles. The van der Waals surface area contributed by atoms with Gasteiger partial charge in [0.2, 0.25) is 11.8 Å². The van der Waals surface area contributed by atoms with Crippen molar-refractivity contribution in [3.8, 4) is 0 Å². The highest BCUT2D eigenvalue weighted by atomic mass is 32.2. The number of likely N-dealkylation sites (tertiary alicyclic amines) is 1. The third-order valence-corrected chi connectivity index (χ3v) is 3.55. The van der Waals surface area contributed by atoms with E-state index in [4.69, 9.17) is 0 Å². The van der Waals surface area contributed by atoms with Gasteiger partial charge in [-0.3, -0.25) is 14.5 Å².